The van der Waals surface area contributed by atoms with Crippen molar-refractivity contribution in [1.29, 1.82) is 0 Å². The first kappa shape index (κ1) is 58.7. The first-order chi connectivity index (χ1) is 36.9. The van der Waals surface area contributed by atoms with Gasteiger partial charge in [-0.3, -0.25) is 33.6 Å². The summed E-state index contributed by atoms with van der Waals surface area (Å²) < 4.78 is 15.7. The van der Waals surface area contributed by atoms with Crippen LogP contribution in [-0.4, -0.2) is 119 Å². The molecule has 0 spiro atoms. The van der Waals surface area contributed by atoms with Gasteiger partial charge in [0.25, 0.3) is 5.91 Å². The van der Waals surface area contributed by atoms with Gasteiger partial charge in [0.15, 0.2) is 0 Å². The monoisotopic (exact) mass is 1070 g/mol. The van der Waals surface area contributed by atoms with Crippen LogP contribution in [0.2, 0.25) is 0 Å². The lowest BCUT2D eigenvalue weighted by Crippen LogP contribution is -2.62. The summed E-state index contributed by atoms with van der Waals surface area (Å²) >= 11 is 0. The molecule has 0 bridgehead atoms. The Labute approximate surface area is 459 Å². The Morgan fingerprint density at radius 3 is 1.81 bits per heavy atom. The van der Waals surface area contributed by atoms with Crippen LogP contribution in [0.3, 0.4) is 0 Å². The maximum absolute atomic E-state index is 15.7. The Balaban J connectivity index is 1.15. The molecule has 7 amide bonds. The van der Waals surface area contributed by atoms with Crippen molar-refractivity contribution < 1.29 is 38.0 Å². The Hall–Kier alpha value is -6.98. The summed E-state index contributed by atoms with van der Waals surface area (Å²) in [6, 6.07) is 21.8. The van der Waals surface area contributed by atoms with Crippen LogP contribution >= 0.6 is 0 Å². The maximum atomic E-state index is 15.7. The zero-order chi connectivity index (χ0) is 56.8. The molecule has 2 heterocycles. The number of halogens is 1. The van der Waals surface area contributed by atoms with Crippen molar-refractivity contribution in [3.63, 3.8) is 0 Å². The second-order valence-electron chi connectivity index (χ2n) is 23.5. The molecular formula is C61H80FN9O7. The fraction of sp³-hybridized carbons (Fsp3) is 0.492. The van der Waals surface area contributed by atoms with E-state index in [-0.39, 0.29) is 67.4 Å². The predicted octanol–water partition coefficient (Wildman–Crippen LogP) is 6.04. The predicted molar refractivity (Wildman–Crippen MR) is 298 cm³/mol. The molecule has 3 unspecified atom stereocenters. The second-order valence-corrected chi connectivity index (χ2v) is 23.5. The molecule has 1 aliphatic carbocycles. The number of nitrogens with zero attached hydrogens (tertiary/aromatic N) is 3. The molecule has 0 saturated carbocycles. The molecule has 16 nitrogen and oxygen atoms in total. The Bertz CT molecular complexity index is 2850. The summed E-state index contributed by atoms with van der Waals surface area (Å²) in [7, 11) is 3.32. The number of carbonyl (C=O) groups excluding carboxylic acids is 7. The van der Waals surface area contributed by atoms with Crippen LogP contribution < -0.4 is 31.9 Å². The van der Waals surface area contributed by atoms with Crippen molar-refractivity contribution >= 4 is 41.4 Å². The molecule has 1 saturated heterocycles. The van der Waals surface area contributed by atoms with Gasteiger partial charge < -0.3 is 46.6 Å². The first-order valence-electron chi connectivity index (χ1n) is 27.4. The molecule has 418 valence electrons. The zero-order valence-electron chi connectivity index (χ0n) is 47.2. The molecule has 2 aliphatic heterocycles. The van der Waals surface area contributed by atoms with Crippen LogP contribution in [0.4, 0.5) is 4.39 Å². The number of hydrogen-bond acceptors (Lipinski definition) is 9. The van der Waals surface area contributed by atoms with Crippen LogP contribution in [0.1, 0.15) is 137 Å². The molecule has 78 heavy (non-hydrogen) atoms. The molecule has 17 heteroatoms. The highest BCUT2D eigenvalue weighted by molar-refractivity contribution is 5.97. The van der Waals surface area contributed by atoms with Gasteiger partial charge in [-0.25, -0.2) is 4.39 Å². The SMILES string of the molecule is CN[C@@H](C)C(=O)N[C@H](C(=O)N1CC(NC(=O)c2ccc(CN(C(=O)[C@@H]3Cc4ccccc4CN3C(=O)[C@@H](NC(=O)[C@H](C)NC)C(C)(C)C)[C@H](C)c3ccccc3F)cc2)CC1C(=O)NC1CCCc2ccccc21)C(C)(C)C. The van der Waals surface area contributed by atoms with Crippen molar-refractivity contribution in [1.82, 2.24) is 46.6 Å². The van der Waals surface area contributed by atoms with Crippen LogP contribution in [0.25, 0.3) is 0 Å². The standard InChI is InChI=1S/C61H80FN9O7/c1-36(63-10)53(72)67-51(60(4,5)6)58(77)70-34-43-21-13-12-20-42(43)31-50(70)57(76)69(38(3)45-23-16-17-25-47(45)62)33-39-27-29-41(30-28-39)55(74)65-44-32-49(56(75)66-48-26-18-22-40-19-14-15-24-46(40)48)71(35-44)59(78)52(61(7,8)9)68-54(73)37(2)64-11/h12-17,19-21,23-25,27-30,36-38,44,48-52,63-64H,18,22,26,31-35H2,1-11H3,(H,65,74)(H,66,75)(H,67,72)(H,68,73)/t36-,37-,38+,44?,48?,49?,50-,51+,52+/m0/s1. The van der Waals surface area contributed by atoms with Gasteiger partial charge in [0.05, 0.1) is 24.2 Å². The van der Waals surface area contributed by atoms with E-state index in [4.69, 9.17) is 0 Å². The number of benzene rings is 4. The number of nitrogens with one attached hydrogen (secondary N) is 6. The highest BCUT2D eigenvalue weighted by Crippen LogP contribution is 2.35. The van der Waals surface area contributed by atoms with E-state index in [0.717, 1.165) is 36.0 Å². The fourth-order valence-corrected chi connectivity index (χ4v) is 10.8. The molecule has 1 fully saturated rings. The van der Waals surface area contributed by atoms with Crippen molar-refractivity contribution in [3.05, 3.63) is 142 Å². The average Bonchev–Trinajstić information content (AvgIpc) is 3.98. The van der Waals surface area contributed by atoms with Gasteiger partial charge in [-0.2, -0.15) is 0 Å². The van der Waals surface area contributed by atoms with Gasteiger partial charge in [0.1, 0.15) is 30.0 Å². The van der Waals surface area contributed by atoms with Crippen molar-refractivity contribution in [3.8, 4) is 0 Å². The lowest BCUT2D eigenvalue weighted by Gasteiger charge is -2.43. The third kappa shape index (κ3) is 13.5. The van der Waals surface area contributed by atoms with E-state index in [1.165, 1.54) is 16.5 Å². The highest BCUT2D eigenvalue weighted by Gasteiger charge is 2.47. The average molecular weight is 1070 g/mol. The molecule has 4 aromatic carbocycles. The zero-order valence-corrected chi connectivity index (χ0v) is 47.2. The Morgan fingerprint density at radius 2 is 1.22 bits per heavy atom. The van der Waals surface area contributed by atoms with Gasteiger partial charge in [0, 0.05) is 43.2 Å². The summed E-state index contributed by atoms with van der Waals surface area (Å²) in [6.45, 7) is 16.4. The van der Waals surface area contributed by atoms with E-state index in [0.29, 0.717) is 5.56 Å². The van der Waals surface area contributed by atoms with E-state index >= 15 is 9.18 Å². The molecule has 3 aliphatic rings. The fourth-order valence-electron chi connectivity index (χ4n) is 10.8. The smallest absolute Gasteiger partial charge is 0.251 e. The first-order valence-corrected chi connectivity index (χ1v) is 27.4. The summed E-state index contributed by atoms with van der Waals surface area (Å²) in [6.07, 6.45) is 2.84. The van der Waals surface area contributed by atoms with E-state index in [9.17, 15) is 28.8 Å². The van der Waals surface area contributed by atoms with Gasteiger partial charge in [-0.1, -0.05) is 120 Å². The van der Waals surface area contributed by atoms with Crippen molar-refractivity contribution in [2.75, 3.05) is 20.6 Å². The molecule has 4 aromatic rings. The summed E-state index contributed by atoms with van der Waals surface area (Å²) in [4.78, 5) is 105. The summed E-state index contributed by atoms with van der Waals surface area (Å²) in [5, 5.41) is 18.0. The van der Waals surface area contributed by atoms with Crippen LogP contribution in [0.5, 0.6) is 0 Å². The molecule has 7 rings (SSSR count). The lowest BCUT2D eigenvalue weighted by molar-refractivity contribution is -0.152. The van der Waals surface area contributed by atoms with Gasteiger partial charge >= 0.3 is 0 Å². The lowest BCUT2D eigenvalue weighted by atomic mass is 9.84. The topological polar surface area (TPSA) is 201 Å². The molecule has 9 atom stereocenters. The quantitative estimate of drug-likeness (QED) is 0.0730. The molecule has 0 aromatic heterocycles. The number of amides is 7. The third-order valence-electron chi connectivity index (χ3n) is 15.9. The van der Waals surface area contributed by atoms with Crippen molar-refractivity contribution in [2.45, 2.75) is 162 Å². The van der Waals surface area contributed by atoms with E-state index in [1.807, 2.05) is 84.0 Å². The van der Waals surface area contributed by atoms with E-state index < -0.39 is 88.6 Å². The number of likely N-dealkylation sites (N-methyl/N-ethyl adjacent to an activating group) is 2. The van der Waals surface area contributed by atoms with Crippen LogP contribution in [0, 0.1) is 16.6 Å². The number of aryl methyl sites for hydroxylation is 1. The Kier molecular flexibility index (Phi) is 18.6. The number of rotatable bonds is 17. The highest BCUT2D eigenvalue weighted by atomic mass is 19.1. The third-order valence-corrected chi connectivity index (χ3v) is 15.9. The minimum absolute atomic E-state index is 0.0140. The number of hydrogen-bond donors (Lipinski definition) is 6. The largest absolute Gasteiger partial charge is 0.347 e. The molecule has 0 radical (unpaired) electrons. The maximum Gasteiger partial charge on any atom is 0.251 e. The normalized spacial score (nSPS) is 20.2. The molecule has 6 N–H and O–H groups in total. The van der Waals surface area contributed by atoms with Crippen molar-refractivity contribution in [2.24, 2.45) is 10.8 Å². The Morgan fingerprint density at radius 1 is 0.667 bits per heavy atom. The number of carbonyl (C=O) groups is 7. The minimum atomic E-state index is -1.02. The number of likely N-dealkylation sites (tertiary alicyclic amines) is 1. The summed E-state index contributed by atoms with van der Waals surface area (Å²) in [5.74, 6) is -3.29. The minimum Gasteiger partial charge on any atom is -0.347 e. The van der Waals surface area contributed by atoms with Gasteiger partial charge in [-0.05, 0) is 117 Å². The van der Waals surface area contributed by atoms with E-state index in [2.05, 4.69) is 38.0 Å². The molecular weight excluding hydrogens is 990 g/mol. The van der Waals surface area contributed by atoms with E-state index in [1.54, 1.807) is 87.1 Å². The van der Waals surface area contributed by atoms with Crippen LogP contribution in [-0.2, 0) is 54.7 Å². The van der Waals surface area contributed by atoms with Gasteiger partial charge in [0.2, 0.25) is 35.4 Å². The van der Waals surface area contributed by atoms with Gasteiger partial charge in [-0.15, -0.1) is 0 Å². The second kappa shape index (κ2) is 24.8. The van der Waals surface area contributed by atoms with Crippen LogP contribution in [0.15, 0.2) is 97.1 Å². The summed E-state index contributed by atoms with van der Waals surface area (Å²) in [5.41, 5.74) is 3.68. The number of fused-ring (bicyclic) bond motifs is 2.